The normalized spacial score (nSPS) is 14.1. The largest absolute Gasteiger partial charge is 0.455 e. The van der Waals surface area contributed by atoms with Crippen LogP contribution in [-0.2, 0) is 10.0 Å². The molecule has 1 fully saturated rings. The predicted octanol–water partition coefficient (Wildman–Crippen LogP) is 4.82. The van der Waals surface area contributed by atoms with Crippen LogP contribution in [0.25, 0.3) is 22.3 Å². The fraction of sp³-hybridized carbons (Fsp3) is 0.375. The molecule has 7 heteroatoms. The van der Waals surface area contributed by atoms with Crippen LogP contribution in [0.4, 0.5) is 5.69 Å². The summed E-state index contributed by atoms with van der Waals surface area (Å²) in [7, 11) is -1.85. The van der Waals surface area contributed by atoms with E-state index in [0.29, 0.717) is 46.9 Å². The number of hydrogen-bond donors (Lipinski definition) is 1. The van der Waals surface area contributed by atoms with Crippen molar-refractivity contribution >= 4 is 32.6 Å². The van der Waals surface area contributed by atoms with Crippen molar-refractivity contribution in [2.75, 3.05) is 24.2 Å². The van der Waals surface area contributed by atoms with Gasteiger partial charge in [0, 0.05) is 30.6 Å². The topological polar surface area (TPSA) is 79.6 Å². The number of hydrogen-bond acceptors (Lipinski definition) is 4. The first kappa shape index (κ1) is 21.4. The van der Waals surface area contributed by atoms with Crippen molar-refractivity contribution < 1.29 is 17.6 Å². The van der Waals surface area contributed by atoms with Crippen molar-refractivity contribution in [1.29, 1.82) is 0 Å². The number of aryl methyl sites for hydroxylation is 1. The van der Waals surface area contributed by atoms with Crippen molar-refractivity contribution in [3.05, 3.63) is 53.1 Å². The van der Waals surface area contributed by atoms with Gasteiger partial charge in [0.2, 0.25) is 10.0 Å². The van der Waals surface area contributed by atoms with Crippen molar-refractivity contribution in [3.8, 4) is 11.3 Å². The van der Waals surface area contributed by atoms with Crippen molar-refractivity contribution in [3.63, 3.8) is 0 Å². The van der Waals surface area contributed by atoms with Gasteiger partial charge in [0.25, 0.3) is 5.91 Å². The smallest absolute Gasteiger partial charge is 0.255 e. The molecule has 1 amide bonds. The molecule has 1 N–H and O–H groups in total. The molecule has 1 aromatic heterocycles. The second kappa shape index (κ2) is 8.04. The van der Waals surface area contributed by atoms with E-state index in [1.165, 1.54) is 10.6 Å². The lowest BCUT2D eigenvalue weighted by atomic mass is 10.00. The monoisotopic (exact) mass is 440 g/mol. The summed E-state index contributed by atoms with van der Waals surface area (Å²) in [6, 6.07) is 11.6. The lowest BCUT2D eigenvalue weighted by molar-refractivity contribution is 0.0964. The highest BCUT2D eigenvalue weighted by Crippen LogP contribution is 2.48. The first-order valence-electron chi connectivity index (χ1n) is 10.6. The first-order valence-corrected chi connectivity index (χ1v) is 12.5. The second-order valence-electron chi connectivity index (χ2n) is 8.27. The minimum absolute atomic E-state index is 0.225. The third-order valence-corrected chi connectivity index (χ3v) is 6.90. The van der Waals surface area contributed by atoms with Crippen LogP contribution in [0.5, 0.6) is 0 Å². The lowest BCUT2D eigenvalue weighted by Gasteiger charge is -2.24. The van der Waals surface area contributed by atoms with Crippen LogP contribution in [0.1, 0.15) is 53.6 Å². The lowest BCUT2D eigenvalue weighted by Crippen LogP contribution is -2.31. The quantitative estimate of drug-likeness (QED) is 0.571. The third-order valence-electron chi connectivity index (χ3n) is 5.72. The van der Waals surface area contributed by atoms with Crippen molar-refractivity contribution in [2.24, 2.45) is 0 Å². The van der Waals surface area contributed by atoms with E-state index >= 15 is 0 Å². The van der Waals surface area contributed by atoms with Gasteiger partial charge in [-0.25, -0.2) is 8.42 Å². The number of amides is 1. The molecule has 0 radical (unpaired) electrons. The summed E-state index contributed by atoms with van der Waals surface area (Å²) in [5, 5.41) is 3.44. The number of benzene rings is 2. The summed E-state index contributed by atoms with van der Waals surface area (Å²) < 4.78 is 32.8. The number of anilines is 1. The molecular weight excluding hydrogens is 412 g/mol. The maximum absolute atomic E-state index is 12.8. The van der Waals surface area contributed by atoms with Gasteiger partial charge in [-0.2, -0.15) is 0 Å². The number of furan rings is 1. The average Bonchev–Trinajstić information content (AvgIpc) is 3.51. The number of sulfonamides is 1. The zero-order chi connectivity index (χ0) is 22.3. The number of carbonyl (C=O) groups excluding carboxylic acids is 1. The van der Waals surface area contributed by atoms with Gasteiger partial charge in [0.05, 0.1) is 17.5 Å². The number of rotatable bonds is 7. The zero-order valence-corrected chi connectivity index (χ0v) is 19.2. The number of carbonyl (C=O) groups is 1. The molecule has 164 valence electrons. The SMILES string of the molecule is CCCN(c1cc2oc(-c3ccc(C)cc3)c(C(=O)NC)c2cc1C1CC1)S(C)(=O)=O. The van der Waals surface area contributed by atoms with E-state index in [2.05, 4.69) is 5.32 Å². The van der Waals surface area contributed by atoms with Crippen molar-refractivity contribution in [1.82, 2.24) is 5.32 Å². The van der Waals surface area contributed by atoms with E-state index in [0.717, 1.165) is 29.5 Å². The van der Waals surface area contributed by atoms with Crippen LogP contribution >= 0.6 is 0 Å². The molecular formula is C24H28N2O4S. The fourth-order valence-electron chi connectivity index (χ4n) is 4.01. The van der Waals surface area contributed by atoms with E-state index in [9.17, 15) is 13.2 Å². The third kappa shape index (κ3) is 4.06. The summed E-state index contributed by atoms with van der Waals surface area (Å²) >= 11 is 0. The Hall–Kier alpha value is -2.80. The predicted molar refractivity (Wildman–Crippen MR) is 124 cm³/mol. The van der Waals surface area contributed by atoms with Gasteiger partial charge in [0.15, 0.2) is 0 Å². The van der Waals surface area contributed by atoms with E-state index in [1.807, 2.05) is 44.2 Å². The zero-order valence-electron chi connectivity index (χ0n) is 18.4. The molecule has 0 aliphatic heterocycles. The van der Waals surface area contributed by atoms with E-state index in [1.54, 1.807) is 13.1 Å². The summed E-state index contributed by atoms with van der Waals surface area (Å²) in [5.74, 6) is 0.572. The number of nitrogens with zero attached hydrogens (tertiary/aromatic N) is 1. The van der Waals surface area contributed by atoms with Crippen LogP contribution in [0.2, 0.25) is 0 Å². The summed E-state index contributed by atoms with van der Waals surface area (Å²) in [4.78, 5) is 12.8. The minimum Gasteiger partial charge on any atom is -0.455 e. The summed E-state index contributed by atoms with van der Waals surface area (Å²) in [6.45, 7) is 4.36. The molecule has 0 spiro atoms. The van der Waals surface area contributed by atoms with Gasteiger partial charge in [-0.3, -0.25) is 9.10 Å². The van der Waals surface area contributed by atoms with Crippen LogP contribution < -0.4 is 9.62 Å². The maximum Gasteiger partial charge on any atom is 0.255 e. The van der Waals surface area contributed by atoms with E-state index < -0.39 is 10.0 Å². The molecule has 3 aromatic rings. The summed E-state index contributed by atoms with van der Waals surface area (Å²) in [6.07, 6.45) is 3.96. The molecule has 0 atom stereocenters. The Balaban J connectivity index is 2.00. The highest BCUT2D eigenvalue weighted by molar-refractivity contribution is 7.92. The van der Waals surface area contributed by atoms with E-state index in [4.69, 9.17) is 4.42 Å². The molecule has 6 nitrogen and oxygen atoms in total. The molecule has 0 unspecified atom stereocenters. The van der Waals surface area contributed by atoms with Crippen LogP contribution in [0.3, 0.4) is 0 Å². The molecule has 4 rings (SSSR count). The molecule has 1 heterocycles. The standard InChI is InChI=1S/C24H28N2O4S/c1-5-12-26(31(4,28)29)20-14-21-19(13-18(20)16-10-11-16)22(24(27)25-3)23(30-21)17-8-6-15(2)7-9-17/h6-9,13-14,16H,5,10-12H2,1-4H3,(H,25,27). The number of fused-ring (bicyclic) bond motifs is 1. The van der Waals surface area contributed by atoms with Gasteiger partial charge in [-0.1, -0.05) is 36.8 Å². The molecule has 0 bridgehead atoms. The summed E-state index contributed by atoms with van der Waals surface area (Å²) in [5.41, 5.74) is 4.54. The van der Waals surface area contributed by atoms with Gasteiger partial charge < -0.3 is 9.73 Å². The van der Waals surface area contributed by atoms with Crippen LogP contribution in [0, 0.1) is 6.92 Å². The maximum atomic E-state index is 12.8. The Morgan fingerprint density at radius 1 is 1.19 bits per heavy atom. The fourth-order valence-corrected chi connectivity index (χ4v) is 5.04. The first-order chi connectivity index (χ1) is 14.7. The Labute approximate surface area is 183 Å². The second-order valence-corrected chi connectivity index (χ2v) is 10.2. The molecule has 0 saturated heterocycles. The Bertz CT molecular complexity index is 1240. The highest BCUT2D eigenvalue weighted by atomic mass is 32.2. The molecule has 1 aliphatic carbocycles. The van der Waals surface area contributed by atoms with Gasteiger partial charge in [-0.15, -0.1) is 0 Å². The number of nitrogens with one attached hydrogen (secondary N) is 1. The Morgan fingerprint density at radius 2 is 1.87 bits per heavy atom. The molecule has 1 aliphatic rings. The Morgan fingerprint density at radius 3 is 2.42 bits per heavy atom. The van der Waals surface area contributed by atoms with Crippen molar-refractivity contribution in [2.45, 2.75) is 39.0 Å². The van der Waals surface area contributed by atoms with Gasteiger partial charge >= 0.3 is 0 Å². The van der Waals surface area contributed by atoms with Gasteiger partial charge in [-0.05, 0) is 43.7 Å². The van der Waals surface area contributed by atoms with Crippen LogP contribution in [0.15, 0.2) is 40.8 Å². The molecule has 31 heavy (non-hydrogen) atoms. The van der Waals surface area contributed by atoms with Crippen LogP contribution in [-0.4, -0.2) is 34.2 Å². The molecule has 2 aromatic carbocycles. The Kier molecular flexibility index (Phi) is 5.56. The molecule has 1 saturated carbocycles. The highest BCUT2D eigenvalue weighted by Gasteiger charge is 2.32. The average molecular weight is 441 g/mol. The minimum atomic E-state index is -3.45. The van der Waals surface area contributed by atoms with Gasteiger partial charge in [0.1, 0.15) is 11.3 Å². The van der Waals surface area contributed by atoms with E-state index in [-0.39, 0.29) is 5.91 Å².